The molecule has 0 saturated heterocycles. The molecule has 1 fully saturated rings. The molecule has 0 spiro atoms. The Morgan fingerprint density at radius 1 is 1.25 bits per heavy atom. The molecular formula is C17H22N2O5. The van der Waals surface area contributed by atoms with Crippen molar-refractivity contribution >= 4 is 17.6 Å². The Kier molecular flexibility index (Phi) is 6.28. The molecule has 2 rings (SSSR count). The molecule has 1 saturated carbocycles. The van der Waals surface area contributed by atoms with Crippen LogP contribution in [0, 0.1) is 17.0 Å². The van der Waals surface area contributed by atoms with Gasteiger partial charge in [-0.3, -0.25) is 14.9 Å². The lowest BCUT2D eigenvalue weighted by Gasteiger charge is -2.16. The molecule has 0 atom stereocenters. The molecule has 1 aliphatic carbocycles. The first kappa shape index (κ1) is 17.9. The highest BCUT2D eigenvalue weighted by Crippen LogP contribution is 2.21. The Labute approximate surface area is 140 Å². The van der Waals surface area contributed by atoms with E-state index in [1.54, 1.807) is 0 Å². The Bertz CT molecular complexity index is 621. The Balaban J connectivity index is 1.89. The van der Waals surface area contributed by atoms with Gasteiger partial charge in [0.25, 0.3) is 11.6 Å². The van der Waals surface area contributed by atoms with E-state index in [2.05, 4.69) is 5.32 Å². The van der Waals surface area contributed by atoms with Gasteiger partial charge in [0, 0.05) is 17.7 Å². The lowest BCUT2D eigenvalue weighted by molar-refractivity contribution is -0.385. The zero-order chi connectivity index (χ0) is 17.5. The quantitative estimate of drug-likeness (QED) is 0.386. The second kappa shape index (κ2) is 8.42. The van der Waals surface area contributed by atoms with E-state index in [0.29, 0.717) is 0 Å². The third-order valence-corrected chi connectivity index (χ3v) is 4.28. The molecule has 1 aromatic rings. The van der Waals surface area contributed by atoms with Gasteiger partial charge in [-0.25, -0.2) is 4.79 Å². The van der Waals surface area contributed by atoms with Crippen LogP contribution in [0.1, 0.15) is 54.4 Å². The minimum absolute atomic E-state index is 0.103. The maximum Gasteiger partial charge on any atom is 0.339 e. The van der Waals surface area contributed by atoms with Crippen LogP contribution >= 0.6 is 0 Å². The van der Waals surface area contributed by atoms with Crippen molar-refractivity contribution in [1.82, 2.24) is 5.32 Å². The minimum atomic E-state index is -0.729. The molecule has 0 aromatic heterocycles. The number of ether oxygens (including phenoxy) is 1. The molecule has 7 heteroatoms. The van der Waals surface area contributed by atoms with Gasteiger partial charge in [-0.1, -0.05) is 31.7 Å². The van der Waals surface area contributed by atoms with Crippen molar-refractivity contribution in [2.45, 2.75) is 51.5 Å². The number of hydrogen-bond donors (Lipinski definition) is 1. The second-order valence-electron chi connectivity index (χ2n) is 6.04. The van der Waals surface area contributed by atoms with Crippen LogP contribution in [0.25, 0.3) is 0 Å². The summed E-state index contributed by atoms with van der Waals surface area (Å²) in [5.74, 6) is -1.06. The number of rotatable bonds is 5. The van der Waals surface area contributed by atoms with Gasteiger partial charge in [0.2, 0.25) is 0 Å². The van der Waals surface area contributed by atoms with E-state index in [-0.39, 0.29) is 35.4 Å². The average Bonchev–Trinajstić information content (AvgIpc) is 2.81. The van der Waals surface area contributed by atoms with Gasteiger partial charge in [0.1, 0.15) is 0 Å². The van der Waals surface area contributed by atoms with Gasteiger partial charge in [-0.05, 0) is 25.8 Å². The average molecular weight is 334 g/mol. The normalized spacial score (nSPS) is 15.4. The molecular weight excluding hydrogens is 312 g/mol. The van der Waals surface area contributed by atoms with Crippen LogP contribution in [-0.2, 0) is 9.53 Å². The lowest BCUT2D eigenvalue weighted by atomic mass is 10.1. The van der Waals surface area contributed by atoms with Gasteiger partial charge in [0.15, 0.2) is 6.61 Å². The summed E-state index contributed by atoms with van der Waals surface area (Å²) >= 11 is 0. The number of nitrogens with zero attached hydrogens (tertiary/aromatic N) is 1. The smallest absolute Gasteiger partial charge is 0.339 e. The van der Waals surface area contributed by atoms with Crippen LogP contribution in [0.15, 0.2) is 18.2 Å². The fraction of sp³-hybridized carbons (Fsp3) is 0.529. The van der Waals surface area contributed by atoms with Crippen molar-refractivity contribution < 1.29 is 19.2 Å². The van der Waals surface area contributed by atoms with Crippen LogP contribution in [0.3, 0.4) is 0 Å². The van der Waals surface area contributed by atoms with Gasteiger partial charge < -0.3 is 10.1 Å². The number of carbonyl (C=O) groups excluding carboxylic acids is 2. The summed E-state index contributed by atoms with van der Waals surface area (Å²) in [4.78, 5) is 34.3. The Morgan fingerprint density at radius 2 is 1.92 bits per heavy atom. The molecule has 0 aliphatic heterocycles. The van der Waals surface area contributed by atoms with E-state index in [1.165, 1.54) is 38.0 Å². The van der Waals surface area contributed by atoms with Crippen LogP contribution in [0.5, 0.6) is 0 Å². The summed E-state index contributed by atoms with van der Waals surface area (Å²) in [5, 5.41) is 13.8. The predicted octanol–water partition coefficient (Wildman–Crippen LogP) is 2.90. The van der Waals surface area contributed by atoms with Crippen molar-refractivity contribution in [2.75, 3.05) is 6.61 Å². The number of nitro groups is 1. The van der Waals surface area contributed by atoms with E-state index in [4.69, 9.17) is 4.74 Å². The Morgan fingerprint density at radius 3 is 2.54 bits per heavy atom. The summed E-state index contributed by atoms with van der Waals surface area (Å²) in [6.45, 7) is 1.11. The van der Waals surface area contributed by atoms with E-state index in [9.17, 15) is 19.7 Å². The third-order valence-electron chi connectivity index (χ3n) is 4.28. The standard InChI is InChI=1S/C17H22N2O5/c1-12-14(9-6-10-15(12)19(22)23)17(21)24-11-16(20)18-13-7-4-2-3-5-8-13/h6,9-10,13H,2-5,7-8,11H2,1H3,(H,18,20). The van der Waals surface area contributed by atoms with Crippen molar-refractivity contribution in [3.63, 3.8) is 0 Å². The monoisotopic (exact) mass is 334 g/mol. The van der Waals surface area contributed by atoms with Gasteiger partial charge in [0.05, 0.1) is 10.5 Å². The number of amides is 1. The SMILES string of the molecule is Cc1c(C(=O)OCC(=O)NC2CCCCCC2)cccc1[N+](=O)[O-]. The van der Waals surface area contributed by atoms with Gasteiger partial charge >= 0.3 is 5.97 Å². The topological polar surface area (TPSA) is 98.5 Å². The van der Waals surface area contributed by atoms with E-state index < -0.39 is 10.9 Å². The zero-order valence-electron chi connectivity index (χ0n) is 13.7. The number of benzene rings is 1. The molecule has 0 heterocycles. The zero-order valence-corrected chi connectivity index (χ0v) is 13.7. The largest absolute Gasteiger partial charge is 0.452 e. The maximum absolute atomic E-state index is 12.1. The van der Waals surface area contributed by atoms with E-state index in [1.807, 2.05) is 0 Å². The van der Waals surface area contributed by atoms with E-state index in [0.717, 1.165) is 25.7 Å². The highest BCUT2D eigenvalue weighted by Gasteiger charge is 2.20. The molecule has 0 radical (unpaired) electrons. The number of carbonyl (C=O) groups is 2. The summed E-state index contributed by atoms with van der Waals surface area (Å²) in [6.07, 6.45) is 6.46. The fourth-order valence-electron chi connectivity index (χ4n) is 2.94. The number of nitro benzene ring substituents is 1. The molecule has 1 N–H and O–H groups in total. The first-order chi connectivity index (χ1) is 11.5. The molecule has 0 bridgehead atoms. The number of esters is 1. The van der Waals surface area contributed by atoms with Crippen molar-refractivity contribution in [2.24, 2.45) is 0 Å². The number of nitrogens with one attached hydrogen (secondary N) is 1. The molecule has 24 heavy (non-hydrogen) atoms. The molecule has 0 unspecified atom stereocenters. The van der Waals surface area contributed by atoms with Gasteiger partial charge in [-0.15, -0.1) is 0 Å². The lowest BCUT2D eigenvalue weighted by Crippen LogP contribution is -2.37. The predicted molar refractivity (Wildman–Crippen MR) is 87.7 cm³/mol. The molecule has 7 nitrogen and oxygen atoms in total. The molecule has 1 amide bonds. The van der Waals surface area contributed by atoms with E-state index >= 15 is 0 Å². The summed E-state index contributed by atoms with van der Waals surface area (Å²) in [5.41, 5.74) is 0.190. The van der Waals surface area contributed by atoms with Gasteiger partial charge in [-0.2, -0.15) is 0 Å². The first-order valence-corrected chi connectivity index (χ1v) is 8.19. The van der Waals surface area contributed by atoms with Crippen molar-refractivity contribution in [3.05, 3.63) is 39.4 Å². The Hall–Kier alpha value is -2.44. The summed E-state index contributed by atoms with van der Waals surface area (Å²) in [7, 11) is 0. The summed E-state index contributed by atoms with van der Waals surface area (Å²) < 4.78 is 5.00. The fourth-order valence-corrected chi connectivity index (χ4v) is 2.94. The maximum atomic E-state index is 12.1. The van der Waals surface area contributed by atoms with Crippen molar-refractivity contribution in [3.8, 4) is 0 Å². The second-order valence-corrected chi connectivity index (χ2v) is 6.04. The van der Waals surface area contributed by atoms with Crippen LogP contribution in [0.4, 0.5) is 5.69 Å². The number of hydrogen-bond acceptors (Lipinski definition) is 5. The molecule has 1 aromatic carbocycles. The third kappa shape index (κ3) is 4.78. The van der Waals surface area contributed by atoms with Crippen LogP contribution in [0.2, 0.25) is 0 Å². The molecule has 1 aliphatic rings. The highest BCUT2D eigenvalue weighted by molar-refractivity contribution is 5.93. The highest BCUT2D eigenvalue weighted by atomic mass is 16.6. The summed E-state index contributed by atoms with van der Waals surface area (Å²) in [6, 6.07) is 4.34. The van der Waals surface area contributed by atoms with Crippen LogP contribution in [-0.4, -0.2) is 29.4 Å². The first-order valence-electron chi connectivity index (χ1n) is 8.19. The minimum Gasteiger partial charge on any atom is -0.452 e. The van der Waals surface area contributed by atoms with Crippen LogP contribution < -0.4 is 5.32 Å². The molecule has 130 valence electrons. The van der Waals surface area contributed by atoms with Crippen molar-refractivity contribution in [1.29, 1.82) is 0 Å².